The number of hydrogen-bond acceptors (Lipinski definition) is 2. The topological polar surface area (TPSA) is 46.3 Å². The van der Waals surface area contributed by atoms with E-state index in [1.54, 1.807) is 6.92 Å². The lowest BCUT2D eigenvalue weighted by atomic mass is 9.92. The second-order valence-corrected chi connectivity index (χ2v) is 8.59. The van der Waals surface area contributed by atoms with Crippen LogP contribution in [0.4, 0.5) is 4.39 Å². The summed E-state index contributed by atoms with van der Waals surface area (Å²) < 4.78 is 13.7. The van der Waals surface area contributed by atoms with E-state index in [9.17, 15) is 9.18 Å². The van der Waals surface area contributed by atoms with Gasteiger partial charge in [0.1, 0.15) is 5.82 Å². The highest BCUT2D eigenvalue weighted by Gasteiger charge is 2.41. The van der Waals surface area contributed by atoms with Crippen LogP contribution in [0, 0.1) is 24.6 Å². The zero-order valence-electron chi connectivity index (χ0n) is 16.6. The Morgan fingerprint density at radius 2 is 1.79 bits per heavy atom. The van der Waals surface area contributed by atoms with Crippen LogP contribution in [-0.4, -0.2) is 29.9 Å². The molecule has 1 aliphatic heterocycles. The summed E-state index contributed by atoms with van der Waals surface area (Å²) in [5, 5.41) is 2.09. The first-order chi connectivity index (χ1) is 14.0. The van der Waals surface area contributed by atoms with Crippen molar-refractivity contribution in [3.8, 4) is 11.1 Å². The Balaban J connectivity index is 1.48. The molecule has 3 aromatic rings. The van der Waals surface area contributed by atoms with E-state index >= 15 is 0 Å². The maximum Gasteiger partial charge on any atom is 0.253 e. The summed E-state index contributed by atoms with van der Waals surface area (Å²) in [6.07, 6.45) is 2.27. The van der Waals surface area contributed by atoms with Crippen molar-refractivity contribution in [1.82, 2.24) is 4.90 Å². The van der Waals surface area contributed by atoms with E-state index in [1.165, 1.54) is 6.07 Å². The number of halogens is 1. The largest absolute Gasteiger partial charge is 0.338 e. The van der Waals surface area contributed by atoms with Crippen LogP contribution in [0.25, 0.3) is 21.9 Å². The van der Waals surface area contributed by atoms with Gasteiger partial charge >= 0.3 is 0 Å². The molecule has 1 saturated heterocycles. The molecular weight excluding hydrogens is 363 g/mol. The first-order valence-corrected chi connectivity index (χ1v) is 10.4. The quantitative estimate of drug-likeness (QED) is 0.688. The second kappa shape index (κ2) is 6.96. The highest BCUT2D eigenvalue weighted by atomic mass is 19.1. The van der Waals surface area contributed by atoms with Crippen molar-refractivity contribution in [1.29, 1.82) is 0 Å². The number of nitrogens with two attached hydrogens (primary N) is 1. The molecule has 2 N–H and O–H groups in total. The van der Waals surface area contributed by atoms with Crippen LogP contribution in [0.5, 0.6) is 0 Å². The first kappa shape index (κ1) is 18.3. The van der Waals surface area contributed by atoms with Crippen LogP contribution in [0.3, 0.4) is 0 Å². The third kappa shape index (κ3) is 3.12. The van der Waals surface area contributed by atoms with E-state index in [1.807, 2.05) is 53.4 Å². The van der Waals surface area contributed by atoms with Gasteiger partial charge in [0.15, 0.2) is 0 Å². The lowest BCUT2D eigenvalue weighted by Gasteiger charge is -2.36. The van der Waals surface area contributed by atoms with Gasteiger partial charge in [0.25, 0.3) is 5.91 Å². The van der Waals surface area contributed by atoms with Crippen LogP contribution in [0.2, 0.25) is 0 Å². The normalized spacial score (nSPS) is 23.6. The number of aryl methyl sites for hydroxylation is 1. The van der Waals surface area contributed by atoms with Gasteiger partial charge in [0, 0.05) is 24.7 Å². The van der Waals surface area contributed by atoms with Crippen LogP contribution >= 0.6 is 0 Å². The number of carbonyl (C=O) groups is 1. The van der Waals surface area contributed by atoms with Crippen molar-refractivity contribution in [2.45, 2.75) is 25.8 Å². The number of benzene rings is 3. The molecule has 1 heterocycles. The fourth-order valence-corrected chi connectivity index (χ4v) is 5.09. The van der Waals surface area contributed by atoms with E-state index in [0.717, 1.165) is 53.4 Å². The molecule has 1 saturated carbocycles. The minimum Gasteiger partial charge on any atom is -0.338 e. The standard InChI is InChI=1S/C25H25FN2O/c1-15-11-17(8-10-23(15)26)21-4-2-3-16-12-18(7-9-22(16)21)25(29)28-13-19-5-6-20(14-28)24(19)27/h2-4,7-12,19-20,24H,5-6,13-14,27H2,1H3/t19-,20+,24?. The Bertz CT molecular complexity index is 1100. The summed E-state index contributed by atoms with van der Waals surface area (Å²) in [6, 6.07) is 17.4. The van der Waals surface area contributed by atoms with Gasteiger partial charge in [-0.05, 0) is 83.3 Å². The molecule has 3 aromatic carbocycles. The van der Waals surface area contributed by atoms with Crippen molar-refractivity contribution >= 4 is 16.7 Å². The zero-order valence-corrected chi connectivity index (χ0v) is 16.6. The highest BCUT2D eigenvalue weighted by molar-refractivity contribution is 6.02. The van der Waals surface area contributed by atoms with Crippen LogP contribution in [0.1, 0.15) is 28.8 Å². The van der Waals surface area contributed by atoms with Crippen molar-refractivity contribution in [3.05, 3.63) is 71.5 Å². The molecule has 2 fully saturated rings. The molecule has 3 nitrogen and oxygen atoms in total. The molecule has 1 amide bonds. The first-order valence-electron chi connectivity index (χ1n) is 10.4. The number of piperidine rings is 1. The number of likely N-dealkylation sites (tertiary alicyclic amines) is 1. The van der Waals surface area contributed by atoms with Gasteiger partial charge in [-0.1, -0.05) is 30.3 Å². The molecule has 4 heteroatoms. The maximum atomic E-state index is 13.7. The monoisotopic (exact) mass is 388 g/mol. The number of hydrogen-bond donors (Lipinski definition) is 1. The molecular formula is C25H25FN2O. The van der Waals surface area contributed by atoms with Crippen molar-refractivity contribution in [2.75, 3.05) is 13.1 Å². The predicted octanol–water partition coefficient (Wildman–Crippen LogP) is 4.76. The van der Waals surface area contributed by atoms with Crippen molar-refractivity contribution in [2.24, 2.45) is 17.6 Å². The molecule has 0 aromatic heterocycles. The molecule has 5 rings (SSSR count). The minimum absolute atomic E-state index is 0.0960. The Kier molecular flexibility index (Phi) is 4.39. The van der Waals surface area contributed by atoms with E-state index in [-0.39, 0.29) is 17.8 Å². The lowest BCUT2D eigenvalue weighted by molar-refractivity contribution is 0.0637. The molecule has 0 radical (unpaired) electrons. The Hall–Kier alpha value is -2.72. The number of rotatable bonds is 2. The average molecular weight is 388 g/mol. The molecule has 0 spiro atoms. The zero-order chi connectivity index (χ0) is 20.1. The third-order valence-corrected chi connectivity index (χ3v) is 6.79. The predicted molar refractivity (Wildman–Crippen MR) is 114 cm³/mol. The fourth-order valence-electron chi connectivity index (χ4n) is 5.09. The Labute approximate surface area is 170 Å². The second-order valence-electron chi connectivity index (χ2n) is 8.59. The fraction of sp³-hybridized carbons (Fsp3) is 0.320. The van der Waals surface area contributed by atoms with Gasteiger partial charge in [0.05, 0.1) is 0 Å². The Morgan fingerprint density at radius 3 is 2.52 bits per heavy atom. The minimum atomic E-state index is -0.197. The van der Waals surface area contributed by atoms with Gasteiger partial charge in [-0.15, -0.1) is 0 Å². The third-order valence-electron chi connectivity index (χ3n) is 6.79. The Morgan fingerprint density at radius 1 is 1.03 bits per heavy atom. The molecule has 2 bridgehead atoms. The van der Waals surface area contributed by atoms with Gasteiger partial charge in [-0.2, -0.15) is 0 Å². The molecule has 1 aliphatic carbocycles. The lowest BCUT2D eigenvalue weighted by Crippen LogP contribution is -2.50. The summed E-state index contributed by atoms with van der Waals surface area (Å²) in [6.45, 7) is 3.31. The summed E-state index contributed by atoms with van der Waals surface area (Å²) in [4.78, 5) is 15.1. The molecule has 1 unspecified atom stereocenters. The molecule has 2 aliphatic rings. The summed E-state index contributed by atoms with van der Waals surface area (Å²) in [5.74, 6) is 0.772. The summed E-state index contributed by atoms with van der Waals surface area (Å²) in [5.41, 5.74) is 9.67. The average Bonchev–Trinajstić information content (AvgIpc) is 2.94. The summed E-state index contributed by atoms with van der Waals surface area (Å²) in [7, 11) is 0. The van der Waals surface area contributed by atoms with Crippen LogP contribution < -0.4 is 5.73 Å². The molecule has 29 heavy (non-hydrogen) atoms. The number of fused-ring (bicyclic) bond motifs is 3. The van der Waals surface area contributed by atoms with E-state index < -0.39 is 0 Å². The molecule has 148 valence electrons. The van der Waals surface area contributed by atoms with E-state index in [2.05, 4.69) is 0 Å². The maximum absolute atomic E-state index is 13.7. The number of nitrogens with zero attached hydrogens (tertiary/aromatic N) is 1. The highest BCUT2D eigenvalue weighted by Crippen LogP contribution is 2.36. The number of carbonyl (C=O) groups excluding carboxylic acids is 1. The van der Waals surface area contributed by atoms with Crippen LogP contribution in [0.15, 0.2) is 54.6 Å². The van der Waals surface area contributed by atoms with Gasteiger partial charge in [-0.3, -0.25) is 4.79 Å². The smallest absolute Gasteiger partial charge is 0.253 e. The van der Waals surface area contributed by atoms with Gasteiger partial charge in [0.2, 0.25) is 0 Å². The van der Waals surface area contributed by atoms with Gasteiger partial charge < -0.3 is 10.6 Å². The van der Waals surface area contributed by atoms with Crippen molar-refractivity contribution in [3.63, 3.8) is 0 Å². The molecule has 3 atom stereocenters. The van der Waals surface area contributed by atoms with Gasteiger partial charge in [-0.25, -0.2) is 4.39 Å². The van der Waals surface area contributed by atoms with E-state index in [0.29, 0.717) is 17.4 Å². The summed E-state index contributed by atoms with van der Waals surface area (Å²) >= 11 is 0. The SMILES string of the molecule is Cc1cc(-c2cccc3cc(C(=O)N4C[C@H]5CC[C@@H](C4)C5N)ccc23)ccc1F. The van der Waals surface area contributed by atoms with Crippen LogP contribution in [-0.2, 0) is 0 Å². The van der Waals surface area contributed by atoms with Crippen molar-refractivity contribution < 1.29 is 9.18 Å². The number of amides is 1. The van der Waals surface area contributed by atoms with E-state index in [4.69, 9.17) is 5.73 Å².